The van der Waals surface area contributed by atoms with Gasteiger partial charge in [-0.05, 0) is 18.6 Å². The molecule has 3 N–H and O–H groups in total. The monoisotopic (exact) mass is 262 g/mol. The maximum atomic E-state index is 11.1. The zero-order chi connectivity index (χ0) is 13.0. The summed E-state index contributed by atoms with van der Waals surface area (Å²) in [6, 6.07) is 5.18. The number of nitrogens with two attached hydrogens (primary N) is 1. The number of hydrogen-bond donors (Lipinski definition) is 2. The molecule has 0 radical (unpaired) electrons. The Morgan fingerprint density at radius 3 is 2.83 bits per heavy atom. The Balaban J connectivity index is 2.13. The maximum absolute atomic E-state index is 11.1. The summed E-state index contributed by atoms with van der Waals surface area (Å²) in [6.07, 6.45) is 4.07. The quantitative estimate of drug-likeness (QED) is 0.820. The average molecular weight is 262 g/mol. The topological polar surface area (TPSA) is 84.7 Å². The third kappa shape index (κ3) is 3.18. The molecule has 0 amide bonds. The van der Waals surface area contributed by atoms with Crippen molar-refractivity contribution in [2.75, 3.05) is 0 Å². The molecule has 0 saturated carbocycles. The number of nitrogens with one attached hydrogen (secondary N) is 1. The van der Waals surface area contributed by atoms with E-state index in [9.17, 15) is 4.79 Å². The Labute approximate surface area is 109 Å². The molecular weight excluding hydrogens is 248 g/mol. The molecule has 0 aliphatic heterocycles. The van der Waals surface area contributed by atoms with Crippen LogP contribution in [0.25, 0.3) is 0 Å². The van der Waals surface area contributed by atoms with Crippen LogP contribution in [-0.4, -0.2) is 15.0 Å². The van der Waals surface area contributed by atoms with Crippen LogP contribution in [0.15, 0.2) is 45.4 Å². The molecule has 0 aliphatic rings. The van der Waals surface area contributed by atoms with Gasteiger partial charge in [0.1, 0.15) is 0 Å². The second-order valence-electron chi connectivity index (χ2n) is 3.77. The summed E-state index contributed by atoms with van der Waals surface area (Å²) in [6.45, 7) is 2.02. The lowest BCUT2D eigenvalue weighted by Gasteiger charge is -2.08. The SMILES string of the molecule is CCC(N)c1ccc(Sc2nccc(=O)[nH]2)cn1. The molecule has 18 heavy (non-hydrogen) atoms. The third-order valence-electron chi connectivity index (χ3n) is 2.44. The van der Waals surface area contributed by atoms with E-state index in [-0.39, 0.29) is 11.6 Å². The maximum Gasteiger partial charge on any atom is 0.251 e. The van der Waals surface area contributed by atoms with E-state index in [0.29, 0.717) is 5.16 Å². The molecule has 2 heterocycles. The molecule has 0 spiro atoms. The summed E-state index contributed by atoms with van der Waals surface area (Å²) in [5.74, 6) is 0. The van der Waals surface area contributed by atoms with E-state index >= 15 is 0 Å². The Hall–Kier alpha value is -1.66. The average Bonchev–Trinajstić information content (AvgIpc) is 2.39. The molecular formula is C12H14N4OS. The Bertz CT molecular complexity index is 567. The van der Waals surface area contributed by atoms with E-state index < -0.39 is 0 Å². The fourth-order valence-electron chi connectivity index (χ4n) is 1.40. The number of nitrogens with zero attached hydrogens (tertiary/aromatic N) is 2. The van der Waals surface area contributed by atoms with Gasteiger partial charge in [0.15, 0.2) is 5.16 Å². The van der Waals surface area contributed by atoms with Gasteiger partial charge < -0.3 is 10.7 Å². The predicted molar refractivity (Wildman–Crippen MR) is 70.4 cm³/mol. The van der Waals surface area contributed by atoms with Crippen molar-refractivity contribution >= 4 is 11.8 Å². The van der Waals surface area contributed by atoms with Gasteiger partial charge in [-0.25, -0.2) is 4.98 Å². The largest absolute Gasteiger partial charge is 0.323 e. The fraction of sp³-hybridized carbons (Fsp3) is 0.250. The fourth-order valence-corrected chi connectivity index (χ4v) is 2.13. The van der Waals surface area contributed by atoms with Crippen LogP contribution in [0.1, 0.15) is 25.1 Å². The zero-order valence-corrected chi connectivity index (χ0v) is 10.8. The summed E-state index contributed by atoms with van der Waals surface area (Å²) in [7, 11) is 0. The molecule has 1 unspecified atom stereocenters. The number of aromatic amines is 1. The summed E-state index contributed by atoms with van der Waals surface area (Å²) >= 11 is 1.36. The van der Waals surface area contributed by atoms with Crippen LogP contribution in [0.2, 0.25) is 0 Å². The van der Waals surface area contributed by atoms with E-state index in [1.807, 2.05) is 19.1 Å². The summed E-state index contributed by atoms with van der Waals surface area (Å²) < 4.78 is 0. The first-order valence-corrected chi connectivity index (χ1v) is 6.45. The minimum atomic E-state index is -0.162. The van der Waals surface area contributed by atoms with Crippen molar-refractivity contribution in [1.82, 2.24) is 15.0 Å². The van der Waals surface area contributed by atoms with E-state index in [1.54, 1.807) is 6.20 Å². The molecule has 0 saturated heterocycles. The second kappa shape index (κ2) is 5.79. The van der Waals surface area contributed by atoms with E-state index in [1.165, 1.54) is 24.0 Å². The summed E-state index contributed by atoms with van der Waals surface area (Å²) in [5.41, 5.74) is 6.60. The Morgan fingerprint density at radius 1 is 1.39 bits per heavy atom. The van der Waals surface area contributed by atoms with Crippen LogP contribution < -0.4 is 11.3 Å². The van der Waals surface area contributed by atoms with Gasteiger partial charge in [0.05, 0.1) is 5.69 Å². The van der Waals surface area contributed by atoms with Crippen molar-refractivity contribution in [1.29, 1.82) is 0 Å². The first-order chi connectivity index (χ1) is 8.69. The summed E-state index contributed by atoms with van der Waals surface area (Å²) in [5, 5.41) is 0.553. The van der Waals surface area contributed by atoms with E-state index in [2.05, 4.69) is 15.0 Å². The van der Waals surface area contributed by atoms with Gasteiger partial charge in [-0.3, -0.25) is 9.78 Å². The highest BCUT2D eigenvalue weighted by atomic mass is 32.2. The van der Waals surface area contributed by atoms with Crippen molar-refractivity contribution < 1.29 is 0 Å². The lowest BCUT2D eigenvalue weighted by Crippen LogP contribution is -2.10. The van der Waals surface area contributed by atoms with Crippen molar-refractivity contribution in [3.05, 3.63) is 46.6 Å². The lowest BCUT2D eigenvalue weighted by atomic mass is 10.1. The van der Waals surface area contributed by atoms with Crippen LogP contribution in [-0.2, 0) is 0 Å². The highest BCUT2D eigenvalue weighted by Gasteiger charge is 2.05. The van der Waals surface area contributed by atoms with Gasteiger partial charge in [0, 0.05) is 29.4 Å². The molecule has 2 aromatic rings. The van der Waals surface area contributed by atoms with Crippen LogP contribution in [0.5, 0.6) is 0 Å². The number of pyridine rings is 1. The smallest absolute Gasteiger partial charge is 0.251 e. The van der Waals surface area contributed by atoms with Crippen LogP contribution >= 0.6 is 11.8 Å². The molecule has 2 rings (SSSR count). The third-order valence-corrected chi connectivity index (χ3v) is 3.32. The molecule has 2 aromatic heterocycles. The zero-order valence-electron chi connectivity index (χ0n) is 9.96. The normalized spacial score (nSPS) is 12.3. The number of aromatic nitrogens is 3. The van der Waals surface area contributed by atoms with Gasteiger partial charge in [0.25, 0.3) is 5.56 Å². The van der Waals surface area contributed by atoms with Crippen LogP contribution in [0.4, 0.5) is 0 Å². The first kappa shape index (κ1) is 12.8. The number of hydrogen-bond acceptors (Lipinski definition) is 5. The second-order valence-corrected chi connectivity index (χ2v) is 4.84. The van der Waals surface area contributed by atoms with Crippen molar-refractivity contribution in [3.8, 4) is 0 Å². The molecule has 6 heteroatoms. The van der Waals surface area contributed by atoms with Crippen molar-refractivity contribution in [2.45, 2.75) is 29.4 Å². The molecule has 0 aliphatic carbocycles. The number of rotatable bonds is 4. The highest BCUT2D eigenvalue weighted by molar-refractivity contribution is 7.99. The van der Waals surface area contributed by atoms with Crippen molar-refractivity contribution in [3.63, 3.8) is 0 Å². The minimum absolute atomic E-state index is 0.0290. The van der Waals surface area contributed by atoms with Gasteiger partial charge in [-0.15, -0.1) is 0 Å². The van der Waals surface area contributed by atoms with Crippen LogP contribution in [0, 0.1) is 0 Å². The van der Waals surface area contributed by atoms with Gasteiger partial charge in [0.2, 0.25) is 0 Å². The standard InChI is InChI=1S/C12H14N4OS/c1-2-9(13)10-4-3-8(7-15-10)18-12-14-6-5-11(17)16-12/h3-7,9H,2,13H2,1H3,(H,14,16,17). The number of H-pyrrole nitrogens is 1. The van der Waals surface area contributed by atoms with Gasteiger partial charge in [-0.1, -0.05) is 18.7 Å². The van der Waals surface area contributed by atoms with Crippen molar-refractivity contribution in [2.24, 2.45) is 5.73 Å². The van der Waals surface area contributed by atoms with Crippen LogP contribution in [0.3, 0.4) is 0 Å². The molecule has 94 valence electrons. The molecule has 0 bridgehead atoms. The summed E-state index contributed by atoms with van der Waals surface area (Å²) in [4.78, 5) is 23.0. The Morgan fingerprint density at radius 2 is 2.22 bits per heavy atom. The van der Waals surface area contributed by atoms with Gasteiger partial charge >= 0.3 is 0 Å². The van der Waals surface area contributed by atoms with E-state index in [0.717, 1.165) is 17.0 Å². The predicted octanol–water partition coefficient (Wildman–Crippen LogP) is 1.73. The highest BCUT2D eigenvalue weighted by Crippen LogP contribution is 2.23. The first-order valence-electron chi connectivity index (χ1n) is 5.63. The molecule has 0 fully saturated rings. The van der Waals surface area contributed by atoms with E-state index in [4.69, 9.17) is 5.73 Å². The Kier molecular flexibility index (Phi) is 4.11. The molecule has 0 aromatic carbocycles. The van der Waals surface area contributed by atoms with Gasteiger partial charge in [-0.2, -0.15) is 0 Å². The molecule has 5 nitrogen and oxygen atoms in total. The lowest BCUT2D eigenvalue weighted by molar-refractivity contribution is 0.674. The minimum Gasteiger partial charge on any atom is -0.323 e. The molecule has 1 atom stereocenters.